The van der Waals surface area contributed by atoms with Crippen molar-refractivity contribution in [3.63, 3.8) is 0 Å². The second-order valence-corrected chi connectivity index (χ2v) is 6.73. The summed E-state index contributed by atoms with van der Waals surface area (Å²) in [5.41, 5.74) is 2.73. The molecule has 146 valence electrons. The van der Waals surface area contributed by atoms with Crippen LogP contribution in [0.25, 0.3) is 11.3 Å². The first-order valence-electron chi connectivity index (χ1n) is 9.23. The quantitative estimate of drug-likeness (QED) is 0.484. The number of likely N-dealkylation sites (N-methyl/N-ethyl adjacent to an activating group) is 1. The SMILES string of the molecule is CN(Cc1cc(-c2ccccc2)no1)C(=O)C(Cc1ccccc1)n1cnnn1. The van der Waals surface area contributed by atoms with E-state index in [0.29, 0.717) is 18.7 Å². The highest BCUT2D eigenvalue weighted by molar-refractivity contribution is 5.80. The minimum atomic E-state index is -0.547. The summed E-state index contributed by atoms with van der Waals surface area (Å²) in [6.45, 7) is 0.298. The third-order valence-electron chi connectivity index (χ3n) is 4.64. The molecule has 0 saturated carbocycles. The van der Waals surface area contributed by atoms with E-state index in [2.05, 4.69) is 20.7 Å². The summed E-state index contributed by atoms with van der Waals surface area (Å²) < 4.78 is 6.93. The maximum atomic E-state index is 13.2. The summed E-state index contributed by atoms with van der Waals surface area (Å²) in [7, 11) is 1.73. The van der Waals surface area contributed by atoms with Crippen molar-refractivity contribution >= 4 is 5.91 Å². The number of amides is 1. The van der Waals surface area contributed by atoms with Gasteiger partial charge in [0.05, 0.1) is 6.54 Å². The molecular weight excluding hydrogens is 368 g/mol. The second-order valence-electron chi connectivity index (χ2n) is 6.73. The predicted molar refractivity (Wildman–Crippen MR) is 105 cm³/mol. The Morgan fingerprint density at radius 2 is 1.83 bits per heavy atom. The number of benzene rings is 2. The molecule has 0 aliphatic rings. The van der Waals surface area contributed by atoms with Crippen LogP contribution in [0, 0.1) is 0 Å². The van der Waals surface area contributed by atoms with Gasteiger partial charge >= 0.3 is 0 Å². The van der Waals surface area contributed by atoms with Gasteiger partial charge in [0, 0.05) is 25.1 Å². The Bertz CT molecular complexity index is 1050. The van der Waals surface area contributed by atoms with E-state index in [4.69, 9.17) is 4.52 Å². The van der Waals surface area contributed by atoms with Gasteiger partial charge in [-0.05, 0) is 16.0 Å². The van der Waals surface area contributed by atoms with Crippen molar-refractivity contribution in [3.05, 3.63) is 84.4 Å². The fourth-order valence-corrected chi connectivity index (χ4v) is 3.14. The van der Waals surface area contributed by atoms with Gasteiger partial charge in [-0.1, -0.05) is 65.8 Å². The van der Waals surface area contributed by atoms with E-state index in [-0.39, 0.29) is 5.91 Å². The lowest BCUT2D eigenvalue weighted by Gasteiger charge is -2.22. The van der Waals surface area contributed by atoms with E-state index in [9.17, 15) is 4.79 Å². The maximum absolute atomic E-state index is 13.2. The summed E-state index contributed by atoms with van der Waals surface area (Å²) in [5.74, 6) is 0.494. The topological polar surface area (TPSA) is 89.9 Å². The van der Waals surface area contributed by atoms with Crippen molar-refractivity contribution < 1.29 is 9.32 Å². The van der Waals surface area contributed by atoms with Gasteiger partial charge in [-0.25, -0.2) is 4.68 Å². The first kappa shape index (κ1) is 18.5. The van der Waals surface area contributed by atoms with Gasteiger partial charge in [0.25, 0.3) is 0 Å². The lowest BCUT2D eigenvalue weighted by Crippen LogP contribution is -2.35. The summed E-state index contributed by atoms with van der Waals surface area (Å²) in [6.07, 6.45) is 1.95. The summed E-state index contributed by atoms with van der Waals surface area (Å²) in [5, 5.41) is 15.4. The Kier molecular flexibility index (Phi) is 5.42. The Balaban J connectivity index is 1.50. The number of hydrogen-bond donors (Lipinski definition) is 0. The fraction of sp³-hybridized carbons (Fsp3) is 0.190. The van der Waals surface area contributed by atoms with Crippen LogP contribution < -0.4 is 0 Å². The van der Waals surface area contributed by atoms with E-state index in [1.807, 2.05) is 66.7 Å². The minimum absolute atomic E-state index is 0.112. The number of rotatable bonds is 7. The van der Waals surface area contributed by atoms with Crippen LogP contribution in [-0.2, 0) is 17.8 Å². The van der Waals surface area contributed by atoms with Crippen molar-refractivity contribution in [2.75, 3.05) is 7.05 Å². The average molecular weight is 388 g/mol. The summed E-state index contributed by atoms with van der Waals surface area (Å²) in [4.78, 5) is 14.8. The molecule has 29 heavy (non-hydrogen) atoms. The van der Waals surface area contributed by atoms with Gasteiger partial charge in [0.1, 0.15) is 18.1 Å². The first-order valence-corrected chi connectivity index (χ1v) is 9.23. The van der Waals surface area contributed by atoms with Crippen molar-refractivity contribution in [1.29, 1.82) is 0 Å². The molecule has 2 aromatic carbocycles. The number of aromatic nitrogens is 5. The molecule has 4 aromatic rings. The first-order chi connectivity index (χ1) is 14.2. The highest BCUT2D eigenvalue weighted by Gasteiger charge is 2.26. The van der Waals surface area contributed by atoms with Crippen molar-refractivity contribution in [2.45, 2.75) is 19.0 Å². The van der Waals surface area contributed by atoms with Crippen molar-refractivity contribution in [3.8, 4) is 11.3 Å². The Hall–Kier alpha value is -3.81. The third-order valence-corrected chi connectivity index (χ3v) is 4.64. The van der Waals surface area contributed by atoms with Crippen LogP contribution in [0.2, 0.25) is 0 Å². The van der Waals surface area contributed by atoms with Crippen LogP contribution in [0.4, 0.5) is 0 Å². The Morgan fingerprint density at radius 3 is 2.52 bits per heavy atom. The van der Waals surface area contributed by atoms with E-state index in [1.165, 1.54) is 11.0 Å². The van der Waals surface area contributed by atoms with Crippen molar-refractivity contribution in [2.24, 2.45) is 0 Å². The highest BCUT2D eigenvalue weighted by Crippen LogP contribution is 2.21. The second kappa shape index (κ2) is 8.47. The normalized spacial score (nSPS) is 11.9. The summed E-state index contributed by atoms with van der Waals surface area (Å²) >= 11 is 0. The Morgan fingerprint density at radius 1 is 1.10 bits per heavy atom. The molecule has 0 spiro atoms. The van der Waals surface area contributed by atoms with Gasteiger partial charge in [0.2, 0.25) is 5.91 Å². The zero-order valence-corrected chi connectivity index (χ0v) is 15.9. The van der Waals surface area contributed by atoms with Gasteiger partial charge in [-0.15, -0.1) is 5.10 Å². The fourth-order valence-electron chi connectivity index (χ4n) is 3.14. The smallest absolute Gasteiger partial charge is 0.248 e. The van der Waals surface area contributed by atoms with Gasteiger partial charge < -0.3 is 9.42 Å². The largest absolute Gasteiger partial charge is 0.359 e. The predicted octanol–water partition coefficient (Wildman–Crippen LogP) is 2.77. The number of carbonyl (C=O) groups is 1. The molecule has 0 aliphatic heterocycles. The molecule has 0 aliphatic carbocycles. The Labute approximate surface area is 167 Å². The molecule has 0 bridgehead atoms. The molecule has 0 radical (unpaired) electrons. The molecule has 8 heteroatoms. The van der Waals surface area contributed by atoms with Crippen LogP contribution >= 0.6 is 0 Å². The molecule has 0 fully saturated rings. The summed E-state index contributed by atoms with van der Waals surface area (Å²) in [6, 6.07) is 20.9. The number of hydrogen-bond acceptors (Lipinski definition) is 6. The van der Waals surface area contributed by atoms with E-state index < -0.39 is 6.04 Å². The average Bonchev–Trinajstić information content (AvgIpc) is 3.45. The number of tetrazole rings is 1. The molecule has 1 atom stereocenters. The standard InChI is InChI=1S/C21H20N6O2/c1-26(14-18-13-19(23-29-18)17-10-6-3-7-11-17)21(28)20(27-15-22-24-25-27)12-16-8-4-2-5-9-16/h2-11,13,15,20H,12,14H2,1H3. The van der Waals surface area contributed by atoms with Crippen molar-refractivity contribution in [1.82, 2.24) is 30.3 Å². The van der Waals surface area contributed by atoms with Crippen LogP contribution in [0.5, 0.6) is 0 Å². The minimum Gasteiger partial charge on any atom is -0.359 e. The zero-order valence-electron chi connectivity index (χ0n) is 15.9. The third kappa shape index (κ3) is 4.37. The van der Waals surface area contributed by atoms with Crippen LogP contribution in [0.1, 0.15) is 17.4 Å². The lowest BCUT2D eigenvalue weighted by molar-refractivity contribution is -0.134. The molecule has 2 aromatic heterocycles. The highest BCUT2D eigenvalue weighted by atomic mass is 16.5. The van der Waals surface area contributed by atoms with Gasteiger partial charge in [-0.3, -0.25) is 4.79 Å². The molecule has 4 rings (SSSR count). The molecule has 8 nitrogen and oxygen atoms in total. The number of carbonyl (C=O) groups excluding carboxylic acids is 1. The molecule has 1 unspecified atom stereocenters. The maximum Gasteiger partial charge on any atom is 0.248 e. The van der Waals surface area contributed by atoms with Gasteiger partial charge in [-0.2, -0.15) is 0 Å². The molecule has 0 N–H and O–H groups in total. The monoisotopic (exact) mass is 388 g/mol. The van der Waals surface area contributed by atoms with Gasteiger partial charge in [0.15, 0.2) is 5.76 Å². The van der Waals surface area contributed by atoms with E-state index >= 15 is 0 Å². The molecular formula is C21H20N6O2. The molecule has 2 heterocycles. The van der Waals surface area contributed by atoms with E-state index in [1.54, 1.807) is 11.9 Å². The zero-order chi connectivity index (χ0) is 20.1. The molecule has 1 amide bonds. The van der Waals surface area contributed by atoms with Crippen LogP contribution in [0.3, 0.4) is 0 Å². The van der Waals surface area contributed by atoms with Crippen LogP contribution in [0.15, 0.2) is 77.6 Å². The van der Waals surface area contributed by atoms with Crippen LogP contribution in [-0.4, -0.2) is 43.2 Å². The molecule has 0 saturated heterocycles. The number of nitrogens with zero attached hydrogens (tertiary/aromatic N) is 6. The van der Waals surface area contributed by atoms with E-state index in [0.717, 1.165) is 16.8 Å². The lowest BCUT2D eigenvalue weighted by atomic mass is 10.0.